The van der Waals surface area contributed by atoms with Crippen molar-refractivity contribution < 1.29 is 22.7 Å². The number of benzene rings is 1. The Bertz CT molecular complexity index is 565. The molecule has 1 aliphatic carbocycles. The molecule has 1 fully saturated rings. The van der Waals surface area contributed by atoms with Crippen molar-refractivity contribution in [3.05, 3.63) is 28.8 Å². The van der Waals surface area contributed by atoms with E-state index in [0.29, 0.717) is 5.92 Å². The van der Waals surface area contributed by atoms with Crippen molar-refractivity contribution in [1.82, 2.24) is 0 Å². The zero-order valence-corrected chi connectivity index (χ0v) is 13.2. The van der Waals surface area contributed by atoms with E-state index >= 15 is 0 Å². The van der Waals surface area contributed by atoms with Crippen LogP contribution in [0.2, 0.25) is 5.02 Å². The number of rotatable bonds is 4. The summed E-state index contributed by atoms with van der Waals surface area (Å²) in [6.45, 7) is 0. The lowest BCUT2D eigenvalue weighted by Gasteiger charge is -2.21. The zero-order chi connectivity index (χ0) is 17.5. The molecule has 1 aliphatic rings. The van der Waals surface area contributed by atoms with Gasteiger partial charge in [0.1, 0.15) is 0 Å². The maximum Gasteiger partial charge on any atom is 0.418 e. The molecule has 0 aliphatic heterocycles. The molecular weight excluding hydrogens is 331 g/mol. The molecule has 1 amide bonds. The number of carbonyl (C=O) groups is 1. The molecule has 1 unspecified atom stereocenters. The topological polar surface area (TPSA) is 38.3 Å². The second-order valence-electron chi connectivity index (χ2n) is 4.95. The number of hydrogen-bond donors (Lipinski definition) is 1. The highest BCUT2D eigenvalue weighted by Crippen LogP contribution is 2.39. The van der Waals surface area contributed by atoms with Gasteiger partial charge in [-0.05, 0) is 31.0 Å². The van der Waals surface area contributed by atoms with Gasteiger partial charge in [-0.15, -0.1) is 12.3 Å². The van der Waals surface area contributed by atoms with Crippen LogP contribution in [-0.2, 0) is 9.53 Å². The summed E-state index contributed by atoms with van der Waals surface area (Å²) in [6, 6.07) is 3.76. The summed E-state index contributed by atoms with van der Waals surface area (Å²) in [5.41, 5.74) is -0.229. The third-order valence-corrected chi connectivity index (χ3v) is 3.62. The number of methoxy groups -OCH3 is 1. The summed E-state index contributed by atoms with van der Waals surface area (Å²) in [7, 11) is 0.934. The van der Waals surface area contributed by atoms with Crippen LogP contribution in [0.3, 0.4) is 0 Å². The maximum atomic E-state index is 12.7. The molecule has 126 valence electrons. The van der Waals surface area contributed by atoms with Gasteiger partial charge in [0.15, 0.2) is 6.10 Å². The molecule has 0 spiro atoms. The van der Waals surface area contributed by atoms with Gasteiger partial charge in [0.2, 0.25) is 6.41 Å². The first-order valence-electron chi connectivity index (χ1n) is 6.88. The molecule has 1 atom stereocenters. The van der Waals surface area contributed by atoms with Crippen molar-refractivity contribution in [1.29, 1.82) is 0 Å². The van der Waals surface area contributed by atoms with E-state index in [9.17, 15) is 18.0 Å². The number of hydrogen-bond acceptors (Lipinski definition) is 2. The summed E-state index contributed by atoms with van der Waals surface area (Å²) >= 11 is 5.63. The number of ether oxygens (including phenoxy) is 1. The SMILES string of the molecule is C#CC1CCC1.COC(c1cc(Cl)ccc1NC=O)C(F)(F)F. The fourth-order valence-corrected chi connectivity index (χ4v) is 2.14. The number of terminal acetylenes is 1. The van der Waals surface area contributed by atoms with Crippen LogP contribution in [0.25, 0.3) is 0 Å². The van der Waals surface area contributed by atoms with E-state index in [1.165, 1.54) is 31.4 Å². The highest BCUT2D eigenvalue weighted by atomic mass is 35.5. The van der Waals surface area contributed by atoms with E-state index in [-0.39, 0.29) is 22.7 Å². The minimum Gasteiger partial charge on any atom is -0.367 e. The van der Waals surface area contributed by atoms with Gasteiger partial charge in [0.25, 0.3) is 0 Å². The Labute approximate surface area is 138 Å². The van der Waals surface area contributed by atoms with E-state index in [2.05, 4.69) is 16.0 Å². The molecular formula is C16H17ClF3NO2. The first kappa shape index (κ1) is 19.3. The average Bonchev–Trinajstić information content (AvgIpc) is 2.40. The van der Waals surface area contributed by atoms with Crippen LogP contribution in [0.15, 0.2) is 18.2 Å². The Morgan fingerprint density at radius 2 is 2.13 bits per heavy atom. The molecule has 23 heavy (non-hydrogen) atoms. The number of carbonyl (C=O) groups excluding carboxylic acids is 1. The van der Waals surface area contributed by atoms with Gasteiger partial charge in [-0.1, -0.05) is 18.0 Å². The molecule has 1 aromatic carbocycles. The molecule has 1 aromatic rings. The van der Waals surface area contributed by atoms with Gasteiger partial charge in [-0.25, -0.2) is 0 Å². The van der Waals surface area contributed by atoms with Gasteiger partial charge >= 0.3 is 6.18 Å². The summed E-state index contributed by atoms with van der Waals surface area (Å²) in [5.74, 6) is 3.34. The molecule has 0 saturated heterocycles. The summed E-state index contributed by atoms with van der Waals surface area (Å²) in [4.78, 5) is 10.3. The normalized spacial score (nSPS) is 15.5. The van der Waals surface area contributed by atoms with E-state index < -0.39 is 12.3 Å². The van der Waals surface area contributed by atoms with Gasteiger partial charge in [0.05, 0.1) is 0 Å². The fraction of sp³-hybridized carbons (Fsp3) is 0.438. The van der Waals surface area contributed by atoms with Crippen LogP contribution in [-0.4, -0.2) is 19.7 Å². The molecule has 0 aromatic heterocycles. The monoisotopic (exact) mass is 347 g/mol. The molecule has 0 bridgehead atoms. The molecule has 2 rings (SSSR count). The lowest BCUT2D eigenvalue weighted by molar-refractivity contribution is -0.215. The Hall–Kier alpha value is -1.71. The van der Waals surface area contributed by atoms with Crippen molar-refractivity contribution in [3.8, 4) is 12.3 Å². The van der Waals surface area contributed by atoms with Crippen LogP contribution in [0.1, 0.15) is 30.9 Å². The predicted octanol–water partition coefficient (Wildman–Crippen LogP) is 4.58. The largest absolute Gasteiger partial charge is 0.418 e. The van der Waals surface area contributed by atoms with Crippen molar-refractivity contribution in [3.63, 3.8) is 0 Å². The highest BCUT2D eigenvalue weighted by Gasteiger charge is 2.42. The minimum atomic E-state index is -4.58. The lowest BCUT2D eigenvalue weighted by Crippen LogP contribution is -2.23. The van der Waals surface area contributed by atoms with Crippen molar-refractivity contribution in [2.75, 3.05) is 12.4 Å². The minimum absolute atomic E-state index is 0.00794. The summed E-state index contributed by atoms with van der Waals surface area (Å²) < 4.78 is 42.4. The van der Waals surface area contributed by atoms with Crippen LogP contribution >= 0.6 is 11.6 Å². The van der Waals surface area contributed by atoms with Gasteiger partial charge in [-0.3, -0.25) is 4.79 Å². The molecule has 3 nitrogen and oxygen atoms in total. The number of anilines is 1. The lowest BCUT2D eigenvalue weighted by atomic mass is 9.87. The predicted molar refractivity (Wildman–Crippen MR) is 83.1 cm³/mol. The number of nitrogens with one attached hydrogen (secondary N) is 1. The first-order valence-corrected chi connectivity index (χ1v) is 7.26. The van der Waals surface area contributed by atoms with Crippen LogP contribution in [0.4, 0.5) is 18.9 Å². The van der Waals surface area contributed by atoms with Gasteiger partial charge in [-0.2, -0.15) is 13.2 Å². The highest BCUT2D eigenvalue weighted by molar-refractivity contribution is 6.30. The molecule has 0 heterocycles. The van der Waals surface area contributed by atoms with Crippen LogP contribution in [0, 0.1) is 18.3 Å². The summed E-state index contributed by atoms with van der Waals surface area (Å²) in [6.07, 6.45) is 2.56. The number of amides is 1. The Morgan fingerprint density at radius 3 is 2.48 bits per heavy atom. The second kappa shape index (κ2) is 8.80. The van der Waals surface area contributed by atoms with Gasteiger partial charge < -0.3 is 10.1 Å². The number of alkyl halides is 3. The van der Waals surface area contributed by atoms with Gasteiger partial charge in [0, 0.05) is 29.3 Å². The quantitative estimate of drug-likeness (QED) is 0.639. The Balaban J connectivity index is 0.000000366. The Kier molecular flexibility index (Phi) is 7.40. The fourth-order valence-electron chi connectivity index (χ4n) is 1.96. The molecule has 7 heteroatoms. The van der Waals surface area contributed by atoms with Crippen molar-refractivity contribution >= 4 is 23.7 Å². The molecule has 1 N–H and O–H groups in total. The standard InChI is InChI=1S/C10H9ClF3NO2.C6H8/c1-17-9(10(12,13)14)7-4-6(11)2-3-8(7)15-5-16;1-2-6-4-3-5-6/h2-5,9H,1H3,(H,15,16);1,6H,3-5H2. The second-order valence-corrected chi connectivity index (χ2v) is 5.38. The van der Waals surface area contributed by atoms with E-state index in [1.54, 1.807) is 0 Å². The van der Waals surface area contributed by atoms with Crippen molar-refractivity contribution in [2.24, 2.45) is 5.92 Å². The maximum absolute atomic E-state index is 12.7. The Morgan fingerprint density at radius 1 is 1.48 bits per heavy atom. The molecule has 0 radical (unpaired) electrons. The number of halogens is 4. The smallest absolute Gasteiger partial charge is 0.367 e. The van der Waals surface area contributed by atoms with E-state index in [1.807, 2.05) is 0 Å². The van der Waals surface area contributed by atoms with Crippen molar-refractivity contribution in [2.45, 2.75) is 31.5 Å². The average molecular weight is 348 g/mol. The first-order chi connectivity index (χ1) is 10.8. The van der Waals surface area contributed by atoms with Crippen LogP contribution in [0.5, 0.6) is 0 Å². The van der Waals surface area contributed by atoms with E-state index in [0.717, 1.165) is 13.2 Å². The third kappa shape index (κ3) is 5.77. The van der Waals surface area contributed by atoms with Crippen LogP contribution < -0.4 is 5.32 Å². The molecule has 1 saturated carbocycles. The third-order valence-electron chi connectivity index (χ3n) is 3.38. The van der Waals surface area contributed by atoms with E-state index in [4.69, 9.17) is 18.0 Å². The zero-order valence-electron chi connectivity index (χ0n) is 12.5. The summed E-state index contributed by atoms with van der Waals surface area (Å²) in [5, 5.41) is 2.30.